The molecule has 0 heterocycles. The molecule has 0 saturated heterocycles. The zero-order chi connectivity index (χ0) is 19.3. The summed E-state index contributed by atoms with van der Waals surface area (Å²) in [5.41, 5.74) is 5.50. The summed E-state index contributed by atoms with van der Waals surface area (Å²) < 4.78 is 13.2. The first-order valence-electron chi connectivity index (χ1n) is 7.47. The molecule has 2 aromatic rings. The molecule has 0 radical (unpaired) electrons. The van der Waals surface area contributed by atoms with Crippen molar-refractivity contribution in [2.75, 3.05) is 12.8 Å². The van der Waals surface area contributed by atoms with Gasteiger partial charge in [0.15, 0.2) is 0 Å². The van der Waals surface area contributed by atoms with Crippen LogP contribution < -0.4 is 5.73 Å². The van der Waals surface area contributed by atoms with Gasteiger partial charge in [0, 0.05) is 25.2 Å². The van der Waals surface area contributed by atoms with E-state index >= 15 is 0 Å². The number of carbonyl (C=O) groups excluding carboxylic acids is 2. The van der Waals surface area contributed by atoms with Crippen molar-refractivity contribution in [3.63, 3.8) is 0 Å². The van der Waals surface area contributed by atoms with Gasteiger partial charge < -0.3 is 10.6 Å². The van der Waals surface area contributed by atoms with E-state index in [1.54, 1.807) is 19.2 Å². The second-order valence-electron chi connectivity index (χ2n) is 5.47. The summed E-state index contributed by atoms with van der Waals surface area (Å²) in [5, 5.41) is 11.2. The molecule has 136 valence electrons. The minimum absolute atomic E-state index is 0.0237. The smallest absolute Gasteiger partial charge is 0.283 e. The summed E-state index contributed by atoms with van der Waals surface area (Å²) >= 11 is 0.987. The van der Waals surface area contributed by atoms with Crippen LogP contribution in [0.2, 0.25) is 0 Å². The summed E-state index contributed by atoms with van der Waals surface area (Å²) in [6.07, 6.45) is 0. The lowest BCUT2D eigenvalue weighted by Crippen LogP contribution is -2.27. The number of nitro groups is 1. The van der Waals surface area contributed by atoms with E-state index in [1.165, 1.54) is 29.2 Å². The lowest BCUT2D eigenvalue weighted by atomic mass is 10.2. The van der Waals surface area contributed by atoms with Crippen molar-refractivity contribution >= 4 is 29.3 Å². The molecule has 2 amide bonds. The molecule has 26 heavy (non-hydrogen) atoms. The first-order valence-corrected chi connectivity index (χ1v) is 8.46. The first kappa shape index (κ1) is 19.4. The molecule has 0 bridgehead atoms. The Morgan fingerprint density at radius 1 is 1.27 bits per heavy atom. The van der Waals surface area contributed by atoms with Crippen LogP contribution in [-0.2, 0) is 11.3 Å². The predicted octanol–water partition coefficient (Wildman–Crippen LogP) is 2.58. The minimum atomic E-state index is -0.768. The quantitative estimate of drug-likeness (QED) is 0.453. The van der Waals surface area contributed by atoms with Crippen LogP contribution in [-0.4, -0.2) is 34.4 Å². The highest BCUT2D eigenvalue weighted by atomic mass is 32.2. The Balaban J connectivity index is 2.04. The molecule has 7 nitrogen and oxygen atoms in total. The Kier molecular flexibility index (Phi) is 6.29. The number of hydrogen-bond acceptors (Lipinski definition) is 5. The molecular formula is C17H16FN3O4S. The van der Waals surface area contributed by atoms with E-state index < -0.39 is 10.8 Å². The Bertz CT molecular complexity index is 860. The molecule has 0 spiro atoms. The number of primary amides is 1. The van der Waals surface area contributed by atoms with Crippen molar-refractivity contribution in [1.82, 2.24) is 4.90 Å². The van der Waals surface area contributed by atoms with Crippen LogP contribution in [0.5, 0.6) is 0 Å². The molecule has 2 rings (SSSR count). The van der Waals surface area contributed by atoms with Crippen LogP contribution in [0.25, 0.3) is 0 Å². The van der Waals surface area contributed by atoms with Crippen molar-refractivity contribution in [1.29, 1.82) is 0 Å². The maximum atomic E-state index is 13.2. The summed E-state index contributed by atoms with van der Waals surface area (Å²) in [5.74, 6) is -1.46. The second kappa shape index (κ2) is 8.43. The van der Waals surface area contributed by atoms with Crippen LogP contribution in [0, 0.1) is 15.9 Å². The predicted molar refractivity (Wildman–Crippen MR) is 95.2 cm³/mol. The molecule has 2 aromatic carbocycles. The van der Waals surface area contributed by atoms with Crippen LogP contribution in [0.4, 0.5) is 10.1 Å². The van der Waals surface area contributed by atoms with Gasteiger partial charge in [0.1, 0.15) is 5.82 Å². The Morgan fingerprint density at radius 2 is 2.00 bits per heavy atom. The summed E-state index contributed by atoms with van der Waals surface area (Å²) in [6, 6.07) is 9.77. The molecule has 0 unspecified atom stereocenters. The lowest BCUT2D eigenvalue weighted by Gasteiger charge is -2.17. The molecule has 0 aliphatic heterocycles. The van der Waals surface area contributed by atoms with E-state index in [1.807, 2.05) is 0 Å². The highest BCUT2D eigenvalue weighted by molar-refractivity contribution is 8.00. The molecule has 0 fully saturated rings. The Labute approximate surface area is 153 Å². The fourth-order valence-corrected chi connectivity index (χ4v) is 3.13. The third kappa shape index (κ3) is 5.03. The molecule has 2 N–H and O–H groups in total. The number of nitrogens with zero attached hydrogens (tertiary/aromatic N) is 2. The fourth-order valence-electron chi connectivity index (χ4n) is 2.18. The summed E-state index contributed by atoms with van der Waals surface area (Å²) in [7, 11) is 1.57. The lowest BCUT2D eigenvalue weighted by molar-refractivity contribution is -0.387. The average Bonchev–Trinajstić information content (AvgIpc) is 2.59. The highest BCUT2D eigenvalue weighted by Crippen LogP contribution is 2.30. The monoisotopic (exact) mass is 377 g/mol. The maximum Gasteiger partial charge on any atom is 0.283 e. The Morgan fingerprint density at radius 3 is 2.62 bits per heavy atom. The second-order valence-corrected chi connectivity index (χ2v) is 6.49. The number of nitro benzene ring substituents is 1. The number of hydrogen-bond donors (Lipinski definition) is 1. The largest absolute Gasteiger partial charge is 0.366 e. The summed E-state index contributed by atoms with van der Waals surface area (Å²) in [4.78, 5) is 35.6. The zero-order valence-corrected chi connectivity index (χ0v) is 14.7. The molecule has 0 atom stereocenters. The minimum Gasteiger partial charge on any atom is -0.366 e. The van der Waals surface area contributed by atoms with E-state index in [0.717, 1.165) is 17.8 Å². The van der Waals surface area contributed by atoms with Crippen molar-refractivity contribution in [2.24, 2.45) is 5.73 Å². The van der Waals surface area contributed by atoms with Crippen molar-refractivity contribution < 1.29 is 18.9 Å². The molecule has 9 heteroatoms. The number of carbonyl (C=O) groups is 2. The third-order valence-electron chi connectivity index (χ3n) is 3.53. The third-order valence-corrected chi connectivity index (χ3v) is 4.57. The van der Waals surface area contributed by atoms with E-state index in [9.17, 15) is 24.1 Å². The molecular weight excluding hydrogens is 361 g/mol. The number of thioether (sulfide) groups is 1. The van der Waals surface area contributed by atoms with Gasteiger partial charge in [0.05, 0.1) is 15.6 Å². The van der Waals surface area contributed by atoms with E-state index in [2.05, 4.69) is 0 Å². The van der Waals surface area contributed by atoms with E-state index in [-0.39, 0.29) is 40.2 Å². The number of amides is 2. The van der Waals surface area contributed by atoms with Gasteiger partial charge in [-0.1, -0.05) is 12.1 Å². The first-order chi connectivity index (χ1) is 12.3. The van der Waals surface area contributed by atoms with Crippen LogP contribution in [0.1, 0.15) is 15.9 Å². The van der Waals surface area contributed by atoms with Gasteiger partial charge in [-0.3, -0.25) is 19.7 Å². The Hall–Kier alpha value is -2.94. The normalized spacial score (nSPS) is 10.4. The van der Waals surface area contributed by atoms with Gasteiger partial charge >= 0.3 is 0 Å². The highest BCUT2D eigenvalue weighted by Gasteiger charge is 2.19. The van der Waals surface area contributed by atoms with Crippen molar-refractivity contribution in [2.45, 2.75) is 11.4 Å². The van der Waals surface area contributed by atoms with Gasteiger partial charge in [-0.15, -0.1) is 11.8 Å². The van der Waals surface area contributed by atoms with Gasteiger partial charge in [-0.25, -0.2) is 4.39 Å². The van der Waals surface area contributed by atoms with Crippen molar-refractivity contribution in [3.8, 4) is 0 Å². The van der Waals surface area contributed by atoms with Gasteiger partial charge in [-0.05, 0) is 29.8 Å². The van der Waals surface area contributed by atoms with Gasteiger partial charge in [-0.2, -0.15) is 0 Å². The molecule has 0 aliphatic carbocycles. The van der Waals surface area contributed by atoms with Crippen LogP contribution >= 0.6 is 11.8 Å². The van der Waals surface area contributed by atoms with Crippen molar-refractivity contribution in [3.05, 3.63) is 69.5 Å². The number of nitrogens with two attached hydrogens (primary N) is 1. The standard InChI is InChI=1S/C17H16FN3O4S/c1-20(9-11-3-2-4-13(18)7-11)16(22)10-26-15-6-5-12(17(19)23)8-14(15)21(24)25/h2-8H,9-10H2,1H3,(H2,19,23). The average molecular weight is 377 g/mol. The maximum absolute atomic E-state index is 13.2. The van der Waals surface area contributed by atoms with E-state index in [4.69, 9.17) is 5.73 Å². The SMILES string of the molecule is CN(Cc1cccc(F)c1)C(=O)CSc1ccc(C(N)=O)cc1[N+](=O)[O-]. The molecule has 0 aliphatic rings. The fraction of sp³-hybridized carbons (Fsp3) is 0.176. The number of benzene rings is 2. The number of rotatable bonds is 7. The van der Waals surface area contributed by atoms with Gasteiger partial charge in [0.2, 0.25) is 11.8 Å². The summed E-state index contributed by atoms with van der Waals surface area (Å²) in [6.45, 7) is 0.222. The molecule has 0 aromatic heterocycles. The van der Waals surface area contributed by atoms with Crippen LogP contribution in [0.15, 0.2) is 47.4 Å². The van der Waals surface area contributed by atoms with Gasteiger partial charge in [0.25, 0.3) is 5.69 Å². The molecule has 0 saturated carbocycles. The number of halogens is 1. The zero-order valence-electron chi connectivity index (χ0n) is 13.8. The van der Waals surface area contributed by atoms with Crippen LogP contribution in [0.3, 0.4) is 0 Å². The topological polar surface area (TPSA) is 107 Å². The van der Waals surface area contributed by atoms with E-state index in [0.29, 0.717) is 5.56 Å².